The van der Waals surface area contributed by atoms with E-state index in [1.54, 1.807) is 11.1 Å². The quantitative estimate of drug-likeness (QED) is 0.678. The molecule has 62 valence electrons. The molecule has 0 saturated carbocycles. The third kappa shape index (κ3) is 3.68. The molecule has 0 aromatic rings. The highest BCUT2D eigenvalue weighted by Crippen LogP contribution is 1.96. The summed E-state index contributed by atoms with van der Waals surface area (Å²) in [5.74, 6) is -0.792. The average molecular weight is 176 g/mol. The van der Waals surface area contributed by atoms with E-state index in [1.807, 2.05) is 18.2 Å². The first-order valence-electron chi connectivity index (χ1n) is 3.08. The van der Waals surface area contributed by atoms with Crippen LogP contribution in [0.3, 0.4) is 0 Å². The zero-order valence-corrected chi connectivity index (χ0v) is 6.75. The van der Waals surface area contributed by atoms with Crippen LogP contribution in [0.15, 0.2) is 24.4 Å². The van der Waals surface area contributed by atoms with E-state index in [1.165, 1.54) is 0 Å². The molecule has 0 bridgehead atoms. The Hall–Kier alpha value is -0.960. The number of aliphatic carboxylic acids is 1. The van der Waals surface area contributed by atoms with Crippen LogP contribution in [-0.2, 0) is 4.79 Å². The molecule has 0 saturated heterocycles. The van der Waals surface area contributed by atoms with E-state index in [9.17, 15) is 4.79 Å². The predicted octanol–water partition coefficient (Wildman–Crippen LogP) is 0.878. The normalized spacial score (nSPS) is 14.4. The molecule has 1 aliphatic rings. The van der Waals surface area contributed by atoms with Gasteiger partial charge in [-0.3, -0.25) is 4.79 Å². The van der Waals surface area contributed by atoms with Gasteiger partial charge in [-0.1, -0.05) is 12.2 Å². The van der Waals surface area contributed by atoms with E-state index in [-0.39, 0.29) is 19.0 Å². The minimum atomic E-state index is -0.792. The smallest absolute Gasteiger partial charge is 0.323 e. The number of allylic oxidation sites excluding steroid dienone is 2. The van der Waals surface area contributed by atoms with Crippen molar-refractivity contribution in [2.24, 2.45) is 0 Å². The predicted molar refractivity (Wildman–Crippen MR) is 44.7 cm³/mol. The van der Waals surface area contributed by atoms with Crippen molar-refractivity contribution in [1.29, 1.82) is 0 Å². The first kappa shape index (κ1) is 10.0. The monoisotopic (exact) mass is 175 g/mol. The van der Waals surface area contributed by atoms with Crippen LogP contribution in [0.25, 0.3) is 0 Å². The number of nitrogens with zero attached hydrogens (tertiary/aromatic N) is 1. The summed E-state index contributed by atoms with van der Waals surface area (Å²) in [4.78, 5) is 11.9. The fraction of sp³-hybridized carbons (Fsp3) is 0.286. The number of rotatable bonds is 2. The molecule has 0 spiro atoms. The third-order valence-corrected chi connectivity index (χ3v) is 1.22. The van der Waals surface area contributed by atoms with Gasteiger partial charge in [0.25, 0.3) is 0 Å². The molecule has 1 heterocycles. The van der Waals surface area contributed by atoms with Gasteiger partial charge in [0.1, 0.15) is 6.54 Å². The lowest BCUT2D eigenvalue weighted by atomic mass is 10.3. The Labute approximate surface area is 71.4 Å². The van der Waals surface area contributed by atoms with Gasteiger partial charge in [0.2, 0.25) is 0 Å². The van der Waals surface area contributed by atoms with Gasteiger partial charge in [0.15, 0.2) is 0 Å². The fourth-order valence-corrected chi connectivity index (χ4v) is 0.798. The van der Waals surface area contributed by atoms with Crippen LogP contribution in [0.2, 0.25) is 0 Å². The fourth-order valence-electron chi connectivity index (χ4n) is 0.798. The van der Waals surface area contributed by atoms with E-state index in [2.05, 4.69) is 0 Å². The molecular weight excluding hydrogens is 166 g/mol. The lowest BCUT2D eigenvalue weighted by Gasteiger charge is -2.16. The van der Waals surface area contributed by atoms with Gasteiger partial charge in [-0.05, 0) is 12.3 Å². The topological polar surface area (TPSA) is 40.5 Å². The highest BCUT2D eigenvalue weighted by molar-refractivity contribution is 5.85. The Balaban J connectivity index is 0.000001000. The summed E-state index contributed by atoms with van der Waals surface area (Å²) < 4.78 is 0. The van der Waals surface area contributed by atoms with Crippen molar-refractivity contribution in [3.63, 3.8) is 0 Å². The molecule has 0 atom stereocenters. The van der Waals surface area contributed by atoms with Crippen LogP contribution in [0.4, 0.5) is 0 Å². The zero-order valence-electron chi connectivity index (χ0n) is 5.93. The van der Waals surface area contributed by atoms with Gasteiger partial charge in [0, 0.05) is 6.54 Å². The first-order chi connectivity index (χ1) is 4.79. The summed E-state index contributed by atoms with van der Waals surface area (Å²) in [5.41, 5.74) is 0. The lowest BCUT2D eigenvalue weighted by Crippen LogP contribution is -2.25. The Kier molecular flexibility index (Phi) is 4.38. The Morgan fingerprint density at radius 3 is 2.73 bits per heavy atom. The molecule has 0 fully saturated rings. The molecule has 1 rings (SSSR count). The van der Waals surface area contributed by atoms with Crippen molar-refractivity contribution in [2.75, 3.05) is 13.1 Å². The number of carboxylic acids is 1. The number of hydrogen-bond acceptors (Lipinski definition) is 2. The van der Waals surface area contributed by atoms with Crippen molar-refractivity contribution in [3.8, 4) is 0 Å². The van der Waals surface area contributed by atoms with E-state index >= 15 is 0 Å². The second kappa shape index (κ2) is 4.79. The van der Waals surface area contributed by atoms with E-state index in [0.717, 1.165) is 0 Å². The van der Waals surface area contributed by atoms with E-state index in [4.69, 9.17) is 5.11 Å². The Morgan fingerprint density at radius 2 is 2.27 bits per heavy atom. The molecule has 3 nitrogen and oxygen atoms in total. The molecule has 0 aromatic carbocycles. The molecule has 0 aliphatic carbocycles. The molecule has 4 heteroatoms. The molecule has 11 heavy (non-hydrogen) atoms. The van der Waals surface area contributed by atoms with Crippen LogP contribution < -0.4 is 0 Å². The molecule has 1 aliphatic heterocycles. The Morgan fingerprint density at radius 1 is 1.55 bits per heavy atom. The van der Waals surface area contributed by atoms with Crippen molar-refractivity contribution in [2.45, 2.75) is 0 Å². The number of hydrogen-bond donors (Lipinski definition) is 1. The minimum Gasteiger partial charge on any atom is -0.480 e. The second-order valence-electron chi connectivity index (χ2n) is 2.09. The van der Waals surface area contributed by atoms with Crippen molar-refractivity contribution in [1.82, 2.24) is 4.90 Å². The van der Waals surface area contributed by atoms with Crippen molar-refractivity contribution in [3.05, 3.63) is 24.4 Å². The standard InChI is InChI=1S/C7H9NO2.ClH/c9-7(10)6-8-4-2-1-3-5-8;/h1-4H,5-6H2,(H,9,10);1H. The SMILES string of the molecule is Cl.O=C(O)CN1C=CC=CC1. The summed E-state index contributed by atoms with van der Waals surface area (Å²) in [6.07, 6.45) is 7.42. The van der Waals surface area contributed by atoms with Crippen LogP contribution >= 0.6 is 12.4 Å². The van der Waals surface area contributed by atoms with Crippen molar-refractivity contribution >= 4 is 18.4 Å². The van der Waals surface area contributed by atoms with Gasteiger partial charge in [-0.2, -0.15) is 0 Å². The van der Waals surface area contributed by atoms with E-state index < -0.39 is 5.97 Å². The van der Waals surface area contributed by atoms with Gasteiger partial charge < -0.3 is 10.0 Å². The van der Waals surface area contributed by atoms with Crippen LogP contribution in [0.1, 0.15) is 0 Å². The summed E-state index contributed by atoms with van der Waals surface area (Å²) in [6.45, 7) is 0.781. The Bertz CT molecular complexity index is 189. The molecule has 0 aromatic heterocycles. The first-order valence-corrected chi connectivity index (χ1v) is 3.08. The van der Waals surface area contributed by atoms with Gasteiger partial charge >= 0.3 is 5.97 Å². The van der Waals surface area contributed by atoms with Gasteiger partial charge in [-0.25, -0.2) is 0 Å². The third-order valence-electron chi connectivity index (χ3n) is 1.22. The number of carbonyl (C=O) groups is 1. The largest absolute Gasteiger partial charge is 0.480 e. The number of carboxylic acid groups (broad SMARTS) is 1. The lowest BCUT2D eigenvalue weighted by molar-refractivity contribution is -0.137. The van der Waals surface area contributed by atoms with Crippen LogP contribution in [0, 0.1) is 0 Å². The van der Waals surface area contributed by atoms with Crippen LogP contribution in [-0.4, -0.2) is 29.1 Å². The molecule has 0 unspecified atom stereocenters. The molecule has 0 amide bonds. The molecule has 1 N–H and O–H groups in total. The minimum absolute atomic E-state index is 0. The maximum absolute atomic E-state index is 10.2. The van der Waals surface area contributed by atoms with Gasteiger partial charge in [0.05, 0.1) is 0 Å². The highest BCUT2D eigenvalue weighted by atomic mass is 35.5. The maximum atomic E-state index is 10.2. The second-order valence-corrected chi connectivity index (χ2v) is 2.09. The zero-order chi connectivity index (χ0) is 7.40. The number of halogens is 1. The average Bonchev–Trinajstić information content (AvgIpc) is 1.88. The van der Waals surface area contributed by atoms with Crippen molar-refractivity contribution < 1.29 is 9.90 Å². The summed E-state index contributed by atoms with van der Waals surface area (Å²) in [5, 5.41) is 8.37. The molecule has 0 radical (unpaired) electrons. The summed E-state index contributed by atoms with van der Waals surface area (Å²) in [6, 6.07) is 0. The highest BCUT2D eigenvalue weighted by Gasteiger charge is 2.03. The summed E-state index contributed by atoms with van der Waals surface area (Å²) >= 11 is 0. The maximum Gasteiger partial charge on any atom is 0.323 e. The molecular formula is C7H10ClNO2. The summed E-state index contributed by atoms with van der Waals surface area (Å²) in [7, 11) is 0. The van der Waals surface area contributed by atoms with Crippen LogP contribution in [0.5, 0.6) is 0 Å². The van der Waals surface area contributed by atoms with E-state index in [0.29, 0.717) is 6.54 Å². The van der Waals surface area contributed by atoms with Gasteiger partial charge in [-0.15, -0.1) is 12.4 Å².